The lowest BCUT2D eigenvalue weighted by atomic mass is 10.0. The van der Waals surface area contributed by atoms with Crippen LogP contribution in [-0.2, 0) is 11.2 Å². The molecular formula is C14H14F2N2O4. The van der Waals surface area contributed by atoms with Gasteiger partial charge in [-0.2, -0.15) is 0 Å². The SMILES string of the molecule is O=C(O)NC/C(=C/F)COc1cc(F)c2c(c1)CCC(=O)N2. The topological polar surface area (TPSA) is 87.7 Å². The summed E-state index contributed by atoms with van der Waals surface area (Å²) in [6.45, 7) is -0.448. The monoisotopic (exact) mass is 312 g/mol. The first-order valence-corrected chi connectivity index (χ1v) is 6.49. The summed E-state index contributed by atoms with van der Waals surface area (Å²) in [6.07, 6.45) is -0.393. The van der Waals surface area contributed by atoms with E-state index in [-0.39, 0.29) is 48.8 Å². The molecule has 1 heterocycles. The van der Waals surface area contributed by atoms with E-state index in [1.54, 1.807) is 6.07 Å². The highest BCUT2D eigenvalue weighted by Gasteiger charge is 2.19. The van der Waals surface area contributed by atoms with Gasteiger partial charge in [0.15, 0.2) is 5.82 Å². The minimum absolute atomic E-state index is 0.0637. The highest BCUT2D eigenvalue weighted by atomic mass is 19.1. The fourth-order valence-electron chi connectivity index (χ4n) is 1.99. The molecule has 0 aliphatic carbocycles. The molecule has 22 heavy (non-hydrogen) atoms. The maximum Gasteiger partial charge on any atom is 0.404 e. The molecule has 0 saturated heterocycles. The van der Waals surface area contributed by atoms with E-state index in [1.807, 2.05) is 5.32 Å². The van der Waals surface area contributed by atoms with E-state index < -0.39 is 11.9 Å². The Bertz CT molecular complexity index is 632. The molecule has 1 aromatic rings. The Balaban J connectivity index is 2.03. The Morgan fingerprint density at radius 2 is 2.23 bits per heavy atom. The number of ether oxygens (including phenoxy) is 1. The molecule has 0 saturated carbocycles. The van der Waals surface area contributed by atoms with E-state index in [0.29, 0.717) is 12.0 Å². The van der Waals surface area contributed by atoms with E-state index in [9.17, 15) is 18.4 Å². The molecule has 3 N–H and O–H groups in total. The van der Waals surface area contributed by atoms with E-state index in [0.717, 1.165) is 6.07 Å². The van der Waals surface area contributed by atoms with Gasteiger partial charge in [0.2, 0.25) is 5.91 Å². The number of carbonyl (C=O) groups is 2. The molecular weight excluding hydrogens is 298 g/mol. The maximum atomic E-state index is 13.9. The number of benzene rings is 1. The van der Waals surface area contributed by atoms with Crippen LogP contribution in [-0.4, -0.2) is 30.3 Å². The number of carbonyl (C=O) groups excluding carboxylic acids is 1. The van der Waals surface area contributed by atoms with E-state index in [4.69, 9.17) is 9.84 Å². The highest BCUT2D eigenvalue weighted by molar-refractivity contribution is 5.94. The van der Waals surface area contributed by atoms with Gasteiger partial charge in [-0.25, -0.2) is 13.6 Å². The molecule has 0 aromatic heterocycles. The largest absolute Gasteiger partial charge is 0.489 e. The summed E-state index contributed by atoms with van der Waals surface area (Å²) < 4.78 is 31.8. The van der Waals surface area contributed by atoms with E-state index >= 15 is 0 Å². The average molecular weight is 312 g/mol. The van der Waals surface area contributed by atoms with Crippen molar-refractivity contribution in [2.24, 2.45) is 0 Å². The Kier molecular flexibility index (Phi) is 4.92. The van der Waals surface area contributed by atoms with Gasteiger partial charge in [0.25, 0.3) is 0 Å². The summed E-state index contributed by atoms with van der Waals surface area (Å²) in [6, 6.07) is 2.66. The predicted molar refractivity (Wildman–Crippen MR) is 74.1 cm³/mol. The summed E-state index contributed by atoms with van der Waals surface area (Å²) >= 11 is 0. The number of hydrogen-bond donors (Lipinski definition) is 3. The minimum Gasteiger partial charge on any atom is -0.489 e. The fourth-order valence-corrected chi connectivity index (χ4v) is 1.99. The lowest BCUT2D eigenvalue weighted by Crippen LogP contribution is -2.25. The maximum absolute atomic E-state index is 13.9. The van der Waals surface area contributed by atoms with Crippen LogP contribution in [0.15, 0.2) is 24.0 Å². The number of hydrogen-bond acceptors (Lipinski definition) is 3. The lowest BCUT2D eigenvalue weighted by Gasteiger charge is -2.19. The second-order valence-electron chi connectivity index (χ2n) is 4.70. The molecule has 6 nitrogen and oxygen atoms in total. The molecule has 0 spiro atoms. The number of nitrogens with one attached hydrogen (secondary N) is 2. The number of rotatable bonds is 5. The molecule has 1 aliphatic rings. The van der Waals surface area contributed by atoms with Crippen LogP contribution in [0.3, 0.4) is 0 Å². The van der Waals surface area contributed by atoms with Gasteiger partial charge in [-0.3, -0.25) is 4.79 Å². The summed E-state index contributed by atoms with van der Waals surface area (Å²) in [4.78, 5) is 21.6. The second-order valence-corrected chi connectivity index (χ2v) is 4.70. The van der Waals surface area contributed by atoms with Crippen LogP contribution in [0.25, 0.3) is 0 Å². The minimum atomic E-state index is -1.28. The van der Waals surface area contributed by atoms with Crippen LogP contribution in [0.4, 0.5) is 19.3 Å². The third-order valence-corrected chi connectivity index (χ3v) is 3.08. The molecule has 0 atom stereocenters. The van der Waals surface area contributed by atoms with Gasteiger partial charge in [-0.1, -0.05) is 0 Å². The van der Waals surface area contributed by atoms with Crippen LogP contribution in [0.5, 0.6) is 5.75 Å². The van der Waals surface area contributed by atoms with Crippen molar-refractivity contribution in [3.05, 3.63) is 35.4 Å². The predicted octanol–water partition coefficient (Wildman–Crippen LogP) is 2.21. The van der Waals surface area contributed by atoms with Crippen LogP contribution in [0.1, 0.15) is 12.0 Å². The van der Waals surface area contributed by atoms with Crippen molar-refractivity contribution in [2.45, 2.75) is 12.8 Å². The van der Waals surface area contributed by atoms with Gasteiger partial charge in [0.1, 0.15) is 12.4 Å². The number of fused-ring (bicyclic) bond motifs is 1. The summed E-state index contributed by atoms with van der Waals surface area (Å²) in [7, 11) is 0. The van der Waals surface area contributed by atoms with Crippen molar-refractivity contribution >= 4 is 17.7 Å². The summed E-state index contributed by atoms with van der Waals surface area (Å²) in [5.74, 6) is -0.695. The third kappa shape index (κ3) is 3.94. The molecule has 0 bridgehead atoms. The number of anilines is 1. The summed E-state index contributed by atoms with van der Waals surface area (Å²) in [5.41, 5.74) is 0.801. The fraction of sp³-hybridized carbons (Fsp3) is 0.286. The standard InChI is InChI=1S/C14H14F2N2O4/c15-5-8(6-17-14(20)21)7-22-10-3-9-1-2-12(19)18-13(9)11(16)4-10/h3-5,17H,1-2,6-7H2,(H,18,19)(H,20,21)/b8-5-. The van der Waals surface area contributed by atoms with Crippen molar-refractivity contribution < 1.29 is 28.2 Å². The second kappa shape index (κ2) is 6.88. The number of amides is 2. The zero-order chi connectivity index (χ0) is 16.1. The molecule has 1 aliphatic heterocycles. The molecule has 1 aromatic carbocycles. The van der Waals surface area contributed by atoms with Gasteiger partial charge in [0, 0.05) is 24.6 Å². The molecule has 0 fully saturated rings. The van der Waals surface area contributed by atoms with Crippen LogP contribution in [0.2, 0.25) is 0 Å². The quantitative estimate of drug-likeness (QED) is 0.778. The van der Waals surface area contributed by atoms with Gasteiger partial charge >= 0.3 is 6.09 Å². The van der Waals surface area contributed by atoms with Crippen molar-refractivity contribution in [1.29, 1.82) is 0 Å². The van der Waals surface area contributed by atoms with Crippen molar-refractivity contribution in [3.63, 3.8) is 0 Å². The zero-order valence-electron chi connectivity index (χ0n) is 11.5. The highest BCUT2D eigenvalue weighted by Crippen LogP contribution is 2.30. The Morgan fingerprint density at radius 3 is 2.91 bits per heavy atom. The van der Waals surface area contributed by atoms with E-state index in [2.05, 4.69) is 5.32 Å². The molecule has 2 rings (SSSR count). The molecule has 2 amide bonds. The Labute approximate surface area is 124 Å². The van der Waals surface area contributed by atoms with Crippen LogP contribution < -0.4 is 15.4 Å². The molecule has 0 unspecified atom stereocenters. The normalized spacial score (nSPS) is 14.1. The number of carboxylic acid groups (broad SMARTS) is 1. The first-order chi connectivity index (χ1) is 10.5. The zero-order valence-corrected chi connectivity index (χ0v) is 11.5. The summed E-state index contributed by atoms with van der Waals surface area (Å²) in [5, 5.41) is 12.9. The Hall–Kier alpha value is -2.64. The molecule has 0 radical (unpaired) electrons. The van der Waals surface area contributed by atoms with Gasteiger partial charge < -0.3 is 20.5 Å². The van der Waals surface area contributed by atoms with Gasteiger partial charge in [-0.15, -0.1) is 0 Å². The van der Waals surface area contributed by atoms with Crippen LogP contribution in [0, 0.1) is 5.82 Å². The first-order valence-electron chi connectivity index (χ1n) is 6.49. The smallest absolute Gasteiger partial charge is 0.404 e. The van der Waals surface area contributed by atoms with Gasteiger partial charge in [-0.05, 0) is 18.1 Å². The lowest BCUT2D eigenvalue weighted by molar-refractivity contribution is -0.116. The molecule has 8 heteroatoms. The average Bonchev–Trinajstić information content (AvgIpc) is 2.48. The van der Waals surface area contributed by atoms with Crippen molar-refractivity contribution in [1.82, 2.24) is 5.32 Å². The first kappa shape index (κ1) is 15.7. The van der Waals surface area contributed by atoms with Crippen LogP contribution >= 0.6 is 0 Å². The van der Waals surface area contributed by atoms with Crippen molar-refractivity contribution in [2.75, 3.05) is 18.5 Å². The number of aryl methyl sites for hydroxylation is 1. The van der Waals surface area contributed by atoms with E-state index in [1.165, 1.54) is 0 Å². The Morgan fingerprint density at radius 1 is 1.45 bits per heavy atom. The number of halogens is 2. The van der Waals surface area contributed by atoms with Crippen molar-refractivity contribution in [3.8, 4) is 5.75 Å². The molecule has 118 valence electrons. The van der Waals surface area contributed by atoms with Gasteiger partial charge in [0.05, 0.1) is 12.0 Å². The third-order valence-electron chi connectivity index (χ3n) is 3.08.